The standard InChI is InChI=1S/C13H19BrN2O2S/c14-11-6-7-12(15)13(8-11)19(17,18)16-9-10-4-2-1-3-5-10/h6-8,10,16H,1-5,9,15H2. The van der Waals surface area contributed by atoms with Gasteiger partial charge in [0.25, 0.3) is 0 Å². The molecule has 1 aromatic rings. The largest absolute Gasteiger partial charge is 0.398 e. The molecular formula is C13H19BrN2O2S. The van der Waals surface area contributed by atoms with Gasteiger partial charge in [0.05, 0.1) is 5.69 Å². The first kappa shape index (κ1) is 14.8. The van der Waals surface area contributed by atoms with E-state index in [1.54, 1.807) is 18.2 Å². The predicted octanol–water partition coefficient (Wildman–Crippen LogP) is 2.89. The van der Waals surface area contributed by atoms with Gasteiger partial charge in [0.15, 0.2) is 0 Å². The van der Waals surface area contributed by atoms with E-state index in [0.717, 1.165) is 12.8 Å². The van der Waals surface area contributed by atoms with Gasteiger partial charge in [-0.2, -0.15) is 0 Å². The van der Waals surface area contributed by atoms with Gasteiger partial charge in [0.1, 0.15) is 4.90 Å². The lowest BCUT2D eigenvalue weighted by molar-refractivity contribution is 0.357. The second-order valence-corrected chi connectivity index (χ2v) is 7.69. The monoisotopic (exact) mass is 346 g/mol. The van der Waals surface area contributed by atoms with E-state index in [9.17, 15) is 8.42 Å². The van der Waals surface area contributed by atoms with Gasteiger partial charge in [0, 0.05) is 11.0 Å². The van der Waals surface area contributed by atoms with Crippen LogP contribution in [0.4, 0.5) is 5.69 Å². The minimum absolute atomic E-state index is 0.151. The van der Waals surface area contributed by atoms with Crippen LogP contribution in [0.3, 0.4) is 0 Å². The number of nitrogen functional groups attached to an aromatic ring is 1. The third-order valence-electron chi connectivity index (χ3n) is 3.55. The molecule has 106 valence electrons. The van der Waals surface area contributed by atoms with Crippen LogP contribution in [0.5, 0.6) is 0 Å². The number of nitrogens with two attached hydrogens (primary N) is 1. The van der Waals surface area contributed by atoms with Crippen LogP contribution in [-0.4, -0.2) is 15.0 Å². The molecule has 1 saturated carbocycles. The number of halogens is 1. The van der Waals surface area contributed by atoms with Gasteiger partial charge in [0.2, 0.25) is 10.0 Å². The molecular weight excluding hydrogens is 328 g/mol. The molecule has 2 rings (SSSR count). The number of anilines is 1. The summed E-state index contributed by atoms with van der Waals surface area (Å²) in [5.74, 6) is 0.455. The fourth-order valence-electron chi connectivity index (χ4n) is 2.44. The van der Waals surface area contributed by atoms with Crippen LogP contribution in [0, 0.1) is 5.92 Å². The Hall–Kier alpha value is -0.590. The van der Waals surface area contributed by atoms with Crippen molar-refractivity contribution in [3.05, 3.63) is 22.7 Å². The normalized spacial score (nSPS) is 17.5. The van der Waals surface area contributed by atoms with E-state index < -0.39 is 10.0 Å². The number of rotatable bonds is 4. The third kappa shape index (κ3) is 3.94. The first-order valence-electron chi connectivity index (χ1n) is 6.54. The Kier molecular flexibility index (Phi) is 4.86. The summed E-state index contributed by atoms with van der Waals surface area (Å²) in [7, 11) is -3.52. The average Bonchev–Trinajstić information content (AvgIpc) is 2.40. The topological polar surface area (TPSA) is 72.2 Å². The smallest absolute Gasteiger partial charge is 0.242 e. The fourth-order valence-corrected chi connectivity index (χ4v) is 4.22. The molecule has 4 nitrogen and oxygen atoms in total. The van der Waals surface area contributed by atoms with Crippen LogP contribution in [0.2, 0.25) is 0 Å². The molecule has 0 radical (unpaired) electrons. The molecule has 1 aromatic carbocycles. The van der Waals surface area contributed by atoms with Gasteiger partial charge in [-0.1, -0.05) is 35.2 Å². The van der Waals surface area contributed by atoms with E-state index in [1.165, 1.54) is 19.3 Å². The molecule has 0 saturated heterocycles. The summed E-state index contributed by atoms with van der Waals surface area (Å²) in [6, 6.07) is 4.87. The lowest BCUT2D eigenvalue weighted by Gasteiger charge is -2.21. The minimum atomic E-state index is -3.52. The second-order valence-electron chi connectivity index (χ2n) is 5.04. The molecule has 0 atom stereocenters. The number of hydrogen-bond donors (Lipinski definition) is 2. The highest BCUT2D eigenvalue weighted by Gasteiger charge is 2.20. The zero-order valence-electron chi connectivity index (χ0n) is 10.7. The Morgan fingerprint density at radius 3 is 2.63 bits per heavy atom. The Morgan fingerprint density at radius 1 is 1.26 bits per heavy atom. The Labute approximate surface area is 122 Å². The molecule has 6 heteroatoms. The maximum atomic E-state index is 12.2. The van der Waals surface area contributed by atoms with E-state index >= 15 is 0 Å². The number of hydrogen-bond acceptors (Lipinski definition) is 3. The van der Waals surface area contributed by atoms with Crippen LogP contribution in [-0.2, 0) is 10.0 Å². The molecule has 19 heavy (non-hydrogen) atoms. The molecule has 1 aliphatic rings. The fraction of sp³-hybridized carbons (Fsp3) is 0.538. The molecule has 0 bridgehead atoms. The molecule has 0 aliphatic heterocycles. The summed E-state index contributed by atoms with van der Waals surface area (Å²) in [6.07, 6.45) is 5.88. The summed E-state index contributed by atoms with van der Waals surface area (Å²) in [5.41, 5.74) is 6.02. The maximum Gasteiger partial charge on any atom is 0.242 e. The van der Waals surface area contributed by atoms with E-state index in [1.807, 2.05) is 0 Å². The van der Waals surface area contributed by atoms with E-state index in [-0.39, 0.29) is 10.6 Å². The van der Waals surface area contributed by atoms with E-state index in [2.05, 4.69) is 20.7 Å². The van der Waals surface area contributed by atoms with Crippen molar-refractivity contribution < 1.29 is 8.42 Å². The predicted molar refractivity (Wildman–Crippen MR) is 80.3 cm³/mol. The summed E-state index contributed by atoms with van der Waals surface area (Å²) in [4.78, 5) is 0.151. The zero-order chi connectivity index (χ0) is 13.9. The average molecular weight is 347 g/mol. The second kappa shape index (κ2) is 6.24. The first-order valence-corrected chi connectivity index (χ1v) is 8.81. The molecule has 0 heterocycles. The van der Waals surface area contributed by atoms with Crippen molar-refractivity contribution in [3.63, 3.8) is 0 Å². The van der Waals surface area contributed by atoms with Gasteiger partial charge in [-0.3, -0.25) is 0 Å². The van der Waals surface area contributed by atoms with E-state index in [4.69, 9.17) is 5.73 Å². The third-order valence-corrected chi connectivity index (χ3v) is 5.52. The van der Waals surface area contributed by atoms with Crippen LogP contribution >= 0.6 is 15.9 Å². The van der Waals surface area contributed by atoms with Gasteiger partial charge in [-0.05, 0) is 37.0 Å². The van der Waals surface area contributed by atoms with Crippen molar-refractivity contribution in [2.24, 2.45) is 5.92 Å². The van der Waals surface area contributed by atoms with Crippen LogP contribution < -0.4 is 10.5 Å². The zero-order valence-corrected chi connectivity index (χ0v) is 13.1. The van der Waals surface area contributed by atoms with Gasteiger partial charge in [-0.25, -0.2) is 13.1 Å². The molecule has 0 aromatic heterocycles. The van der Waals surface area contributed by atoms with Crippen molar-refractivity contribution >= 4 is 31.6 Å². The highest BCUT2D eigenvalue weighted by atomic mass is 79.9. The SMILES string of the molecule is Nc1ccc(Br)cc1S(=O)(=O)NCC1CCCCC1. The van der Waals surface area contributed by atoms with Crippen molar-refractivity contribution in [1.29, 1.82) is 0 Å². The molecule has 0 spiro atoms. The van der Waals surface area contributed by atoms with Crippen molar-refractivity contribution in [3.8, 4) is 0 Å². The van der Waals surface area contributed by atoms with Crippen molar-refractivity contribution in [1.82, 2.24) is 4.72 Å². The van der Waals surface area contributed by atoms with Crippen LogP contribution in [0.15, 0.2) is 27.6 Å². The summed E-state index contributed by atoms with van der Waals surface area (Å²) in [6.45, 7) is 0.508. The highest BCUT2D eigenvalue weighted by Crippen LogP contribution is 2.25. The van der Waals surface area contributed by atoms with Crippen molar-refractivity contribution in [2.75, 3.05) is 12.3 Å². The number of nitrogens with one attached hydrogen (secondary N) is 1. The molecule has 1 fully saturated rings. The highest BCUT2D eigenvalue weighted by molar-refractivity contribution is 9.10. The Morgan fingerprint density at radius 2 is 1.95 bits per heavy atom. The quantitative estimate of drug-likeness (QED) is 0.823. The molecule has 3 N–H and O–H groups in total. The number of benzene rings is 1. The lowest BCUT2D eigenvalue weighted by atomic mass is 9.90. The van der Waals surface area contributed by atoms with Crippen molar-refractivity contribution in [2.45, 2.75) is 37.0 Å². The number of sulfonamides is 1. The molecule has 1 aliphatic carbocycles. The van der Waals surface area contributed by atoms with Gasteiger partial charge >= 0.3 is 0 Å². The van der Waals surface area contributed by atoms with Gasteiger partial charge < -0.3 is 5.73 Å². The van der Waals surface area contributed by atoms with Gasteiger partial charge in [-0.15, -0.1) is 0 Å². The van der Waals surface area contributed by atoms with Crippen LogP contribution in [0.1, 0.15) is 32.1 Å². The summed E-state index contributed by atoms with van der Waals surface area (Å²) in [5, 5.41) is 0. The lowest BCUT2D eigenvalue weighted by Crippen LogP contribution is -2.30. The van der Waals surface area contributed by atoms with Crippen LogP contribution in [0.25, 0.3) is 0 Å². The minimum Gasteiger partial charge on any atom is -0.398 e. The maximum absolute atomic E-state index is 12.2. The Bertz CT molecular complexity index is 540. The summed E-state index contributed by atoms with van der Waals surface area (Å²) < 4.78 is 27.9. The summed E-state index contributed by atoms with van der Waals surface area (Å²) >= 11 is 3.27. The van der Waals surface area contributed by atoms with E-state index in [0.29, 0.717) is 16.9 Å². The first-order chi connectivity index (χ1) is 8.99. The Balaban J connectivity index is 2.07. The molecule has 0 unspecified atom stereocenters. The molecule has 0 amide bonds.